The smallest absolute Gasteiger partial charge is 0.318 e. The van der Waals surface area contributed by atoms with Crippen molar-refractivity contribution in [3.8, 4) is 0 Å². The monoisotopic (exact) mass is 181 g/mol. The van der Waals surface area contributed by atoms with Gasteiger partial charge in [-0.3, -0.25) is 0 Å². The lowest BCUT2D eigenvalue weighted by atomic mass is 9.89. The van der Waals surface area contributed by atoms with Gasteiger partial charge in [-0.05, 0) is 19.3 Å². The summed E-state index contributed by atoms with van der Waals surface area (Å²) >= 11 is 0. The third kappa shape index (κ3) is 1.03. The molecule has 0 aromatic carbocycles. The number of hydrogen-bond acceptors (Lipinski definition) is 5. The summed E-state index contributed by atoms with van der Waals surface area (Å²) in [5.41, 5.74) is 5.36. The summed E-state index contributed by atoms with van der Waals surface area (Å²) in [6.07, 6.45) is 4.01. The lowest BCUT2D eigenvalue weighted by molar-refractivity contribution is 0.0996. The molecule has 2 saturated heterocycles. The molecule has 2 bridgehead atoms. The van der Waals surface area contributed by atoms with E-state index < -0.39 is 0 Å². The van der Waals surface area contributed by atoms with Crippen molar-refractivity contribution in [1.82, 2.24) is 10.1 Å². The number of nitrogen functional groups attached to an aromatic ring is 1. The fourth-order valence-corrected chi connectivity index (χ4v) is 2.31. The molecule has 0 saturated carbocycles. The van der Waals surface area contributed by atoms with Crippen LogP contribution >= 0.6 is 0 Å². The lowest BCUT2D eigenvalue weighted by Gasteiger charge is -2.13. The molecule has 13 heavy (non-hydrogen) atoms. The van der Waals surface area contributed by atoms with E-state index in [2.05, 4.69) is 10.1 Å². The van der Waals surface area contributed by atoms with Crippen molar-refractivity contribution in [2.75, 3.05) is 5.73 Å². The van der Waals surface area contributed by atoms with Crippen LogP contribution in [0.2, 0.25) is 0 Å². The second kappa shape index (κ2) is 2.45. The molecular formula is C8H11N3O2. The molecular weight excluding hydrogens is 170 g/mol. The topological polar surface area (TPSA) is 74.2 Å². The van der Waals surface area contributed by atoms with Crippen molar-refractivity contribution >= 4 is 6.01 Å². The first-order valence-corrected chi connectivity index (χ1v) is 4.57. The van der Waals surface area contributed by atoms with Crippen molar-refractivity contribution in [2.45, 2.75) is 37.4 Å². The van der Waals surface area contributed by atoms with Gasteiger partial charge in [-0.1, -0.05) is 5.16 Å². The number of nitrogens with two attached hydrogens (primary N) is 1. The Morgan fingerprint density at radius 1 is 1.38 bits per heavy atom. The minimum atomic E-state index is 0.151. The summed E-state index contributed by atoms with van der Waals surface area (Å²) in [6, 6.07) is 0.151. The quantitative estimate of drug-likeness (QED) is 0.689. The maximum Gasteiger partial charge on any atom is 0.318 e. The van der Waals surface area contributed by atoms with Crippen LogP contribution in [0.1, 0.15) is 31.0 Å². The predicted molar refractivity (Wildman–Crippen MR) is 44.0 cm³/mol. The number of anilines is 1. The van der Waals surface area contributed by atoms with Crippen LogP contribution in [0.3, 0.4) is 0 Å². The van der Waals surface area contributed by atoms with E-state index in [1.807, 2.05) is 0 Å². The fourth-order valence-electron chi connectivity index (χ4n) is 2.31. The minimum Gasteiger partial charge on any atom is -0.374 e. The number of fused-ring (bicyclic) bond motifs is 2. The average Bonchev–Trinajstić information content (AvgIpc) is 2.77. The molecule has 1 aromatic rings. The second-order valence-electron chi connectivity index (χ2n) is 3.71. The first-order chi connectivity index (χ1) is 6.33. The molecule has 2 aliphatic rings. The average molecular weight is 181 g/mol. The standard InChI is InChI=1S/C8H11N3O2/c9-8-10-7(11-13-8)5-3-4-1-2-6(5)12-4/h4-6H,1-3H2,(H2,9,10,11). The van der Waals surface area contributed by atoms with Gasteiger partial charge in [-0.25, -0.2) is 0 Å². The Morgan fingerprint density at radius 3 is 2.85 bits per heavy atom. The highest BCUT2D eigenvalue weighted by molar-refractivity contribution is 5.13. The normalized spacial score (nSPS) is 37.1. The largest absolute Gasteiger partial charge is 0.374 e. The van der Waals surface area contributed by atoms with E-state index in [0.29, 0.717) is 24.0 Å². The lowest BCUT2D eigenvalue weighted by Crippen LogP contribution is -2.15. The van der Waals surface area contributed by atoms with Gasteiger partial charge in [-0.2, -0.15) is 4.98 Å². The van der Waals surface area contributed by atoms with Gasteiger partial charge >= 0.3 is 6.01 Å². The summed E-state index contributed by atoms with van der Waals surface area (Å²) in [5.74, 6) is 1.02. The zero-order chi connectivity index (χ0) is 8.84. The fraction of sp³-hybridized carbons (Fsp3) is 0.750. The van der Waals surface area contributed by atoms with E-state index in [1.54, 1.807) is 0 Å². The Balaban J connectivity index is 1.87. The van der Waals surface area contributed by atoms with Crippen molar-refractivity contribution in [2.24, 2.45) is 0 Å². The van der Waals surface area contributed by atoms with E-state index in [9.17, 15) is 0 Å². The molecule has 2 aliphatic heterocycles. The molecule has 70 valence electrons. The Labute approximate surface area is 75.2 Å². The van der Waals surface area contributed by atoms with Gasteiger partial charge in [0.15, 0.2) is 5.82 Å². The van der Waals surface area contributed by atoms with Crippen molar-refractivity contribution in [3.05, 3.63) is 5.82 Å². The molecule has 0 spiro atoms. The molecule has 3 rings (SSSR count). The molecule has 3 unspecified atom stereocenters. The third-order valence-electron chi connectivity index (χ3n) is 2.90. The van der Waals surface area contributed by atoms with E-state index in [4.69, 9.17) is 15.0 Å². The van der Waals surface area contributed by atoms with Gasteiger partial charge in [0.2, 0.25) is 0 Å². The first-order valence-electron chi connectivity index (χ1n) is 4.57. The van der Waals surface area contributed by atoms with Crippen LogP contribution in [0.15, 0.2) is 4.52 Å². The van der Waals surface area contributed by atoms with E-state index in [-0.39, 0.29) is 6.01 Å². The van der Waals surface area contributed by atoms with Crippen LogP contribution in [0.25, 0.3) is 0 Å². The van der Waals surface area contributed by atoms with Crippen LogP contribution in [0, 0.1) is 0 Å². The summed E-state index contributed by atoms with van der Waals surface area (Å²) < 4.78 is 10.4. The van der Waals surface area contributed by atoms with Gasteiger partial charge in [0, 0.05) is 0 Å². The summed E-state index contributed by atoms with van der Waals surface area (Å²) in [6.45, 7) is 0. The van der Waals surface area contributed by atoms with Gasteiger partial charge in [-0.15, -0.1) is 0 Å². The van der Waals surface area contributed by atoms with Crippen molar-refractivity contribution < 1.29 is 9.26 Å². The maximum absolute atomic E-state index is 5.69. The number of rotatable bonds is 1. The molecule has 0 radical (unpaired) electrons. The number of aromatic nitrogens is 2. The van der Waals surface area contributed by atoms with E-state index in [1.165, 1.54) is 6.42 Å². The van der Waals surface area contributed by atoms with Crippen LogP contribution in [-0.4, -0.2) is 22.3 Å². The highest BCUT2D eigenvalue weighted by Gasteiger charge is 2.43. The Kier molecular flexibility index (Phi) is 1.38. The second-order valence-corrected chi connectivity index (χ2v) is 3.71. The molecule has 3 heterocycles. The molecule has 2 N–H and O–H groups in total. The van der Waals surface area contributed by atoms with Crippen LogP contribution in [-0.2, 0) is 4.74 Å². The molecule has 3 atom stereocenters. The number of nitrogens with zero attached hydrogens (tertiary/aromatic N) is 2. The number of ether oxygens (including phenoxy) is 1. The van der Waals surface area contributed by atoms with Gasteiger partial charge in [0.1, 0.15) is 0 Å². The zero-order valence-corrected chi connectivity index (χ0v) is 7.14. The Bertz CT molecular complexity index is 325. The zero-order valence-electron chi connectivity index (χ0n) is 7.14. The molecule has 5 heteroatoms. The third-order valence-corrected chi connectivity index (χ3v) is 2.90. The first kappa shape index (κ1) is 7.32. The predicted octanol–water partition coefficient (Wildman–Crippen LogP) is 0.687. The highest BCUT2D eigenvalue weighted by Crippen LogP contribution is 2.43. The van der Waals surface area contributed by atoms with Gasteiger partial charge < -0.3 is 15.0 Å². The summed E-state index contributed by atoms with van der Waals surface area (Å²) in [4.78, 5) is 4.03. The van der Waals surface area contributed by atoms with Crippen LogP contribution in [0.5, 0.6) is 0 Å². The van der Waals surface area contributed by atoms with Gasteiger partial charge in [0.25, 0.3) is 0 Å². The maximum atomic E-state index is 5.69. The van der Waals surface area contributed by atoms with Crippen LogP contribution in [0.4, 0.5) is 6.01 Å². The Morgan fingerprint density at radius 2 is 2.31 bits per heavy atom. The molecule has 0 aliphatic carbocycles. The molecule has 5 nitrogen and oxygen atoms in total. The SMILES string of the molecule is Nc1nc(C2CC3CCC2O3)no1. The molecule has 0 amide bonds. The summed E-state index contributed by atoms with van der Waals surface area (Å²) in [7, 11) is 0. The Hall–Kier alpha value is -1.10. The minimum absolute atomic E-state index is 0.151. The number of hydrogen-bond donors (Lipinski definition) is 1. The van der Waals surface area contributed by atoms with Crippen LogP contribution < -0.4 is 5.73 Å². The van der Waals surface area contributed by atoms with Gasteiger partial charge in [0.05, 0.1) is 18.1 Å². The molecule has 2 fully saturated rings. The molecule has 1 aromatic heterocycles. The van der Waals surface area contributed by atoms with Crippen molar-refractivity contribution in [1.29, 1.82) is 0 Å². The van der Waals surface area contributed by atoms with E-state index >= 15 is 0 Å². The van der Waals surface area contributed by atoms with E-state index in [0.717, 1.165) is 12.8 Å². The highest BCUT2D eigenvalue weighted by atomic mass is 16.5. The summed E-state index contributed by atoms with van der Waals surface area (Å²) in [5, 5.41) is 3.83. The van der Waals surface area contributed by atoms with Crippen molar-refractivity contribution in [3.63, 3.8) is 0 Å².